The van der Waals surface area contributed by atoms with E-state index in [2.05, 4.69) is 0 Å². The van der Waals surface area contributed by atoms with Crippen LogP contribution in [-0.4, -0.2) is 22.9 Å². The number of rotatable bonds is 5. The zero-order chi connectivity index (χ0) is 15.6. The number of fused-ring (bicyclic) bond motifs is 1. The van der Waals surface area contributed by atoms with Crippen molar-refractivity contribution in [3.63, 3.8) is 0 Å². The SMILES string of the molecule is CC(=O)c1ccc2c(c1)oc(=O)n2CC(=O)OCC(C)C. The number of carbonyl (C=O) groups is 2. The number of ether oxygens (including phenoxy) is 1. The molecule has 0 fully saturated rings. The summed E-state index contributed by atoms with van der Waals surface area (Å²) in [7, 11) is 0. The van der Waals surface area contributed by atoms with Crippen molar-refractivity contribution in [1.29, 1.82) is 0 Å². The molecule has 6 heteroatoms. The molecule has 0 saturated carbocycles. The molecule has 0 aliphatic rings. The summed E-state index contributed by atoms with van der Waals surface area (Å²) < 4.78 is 11.3. The van der Waals surface area contributed by atoms with Crippen LogP contribution in [0.5, 0.6) is 0 Å². The van der Waals surface area contributed by atoms with E-state index in [0.717, 1.165) is 0 Å². The number of ketones is 1. The van der Waals surface area contributed by atoms with Gasteiger partial charge in [-0.3, -0.25) is 14.2 Å². The molecule has 0 N–H and O–H groups in total. The molecular formula is C15H17NO5. The fourth-order valence-corrected chi connectivity index (χ4v) is 1.87. The number of nitrogens with zero attached hydrogens (tertiary/aromatic N) is 1. The highest BCUT2D eigenvalue weighted by Crippen LogP contribution is 2.15. The summed E-state index contributed by atoms with van der Waals surface area (Å²) in [5, 5.41) is 0. The van der Waals surface area contributed by atoms with Crippen LogP contribution in [-0.2, 0) is 16.1 Å². The van der Waals surface area contributed by atoms with Gasteiger partial charge in [0.1, 0.15) is 6.54 Å². The average Bonchev–Trinajstić information content (AvgIpc) is 2.72. The molecule has 6 nitrogen and oxygen atoms in total. The van der Waals surface area contributed by atoms with Crippen molar-refractivity contribution in [1.82, 2.24) is 4.57 Å². The van der Waals surface area contributed by atoms with E-state index >= 15 is 0 Å². The molecule has 0 aliphatic heterocycles. The van der Waals surface area contributed by atoms with E-state index in [9.17, 15) is 14.4 Å². The predicted octanol–water partition coefficient (Wildman–Crippen LogP) is 2.00. The molecule has 112 valence electrons. The molecule has 0 spiro atoms. The van der Waals surface area contributed by atoms with E-state index in [4.69, 9.17) is 9.15 Å². The van der Waals surface area contributed by atoms with Crippen LogP contribution in [0.4, 0.5) is 0 Å². The van der Waals surface area contributed by atoms with Gasteiger partial charge in [-0.25, -0.2) is 4.79 Å². The lowest BCUT2D eigenvalue weighted by Gasteiger charge is -2.07. The van der Waals surface area contributed by atoms with Gasteiger partial charge in [0.2, 0.25) is 0 Å². The summed E-state index contributed by atoms with van der Waals surface area (Å²) in [5.41, 5.74) is 1.20. The largest absolute Gasteiger partial charge is 0.464 e. The Balaban J connectivity index is 2.28. The third kappa shape index (κ3) is 3.39. The number of oxazole rings is 1. The number of benzene rings is 1. The van der Waals surface area contributed by atoms with Crippen molar-refractivity contribution in [2.24, 2.45) is 5.92 Å². The fraction of sp³-hybridized carbons (Fsp3) is 0.400. The van der Waals surface area contributed by atoms with Gasteiger partial charge < -0.3 is 9.15 Å². The smallest absolute Gasteiger partial charge is 0.420 e. The highest BCUT2D eigenvalue weighted by molar-refractivity contribution is 5.97. The lowest BCUT2D eigenvalue weighted by molar-refractivity contribution is -0.145. The van der Waals surface area contributed by atoms with E-state index in [1.54, 1.807) is 12.1 Å². The quantitative estimate of drug-likeness (QED) is 0.622. The maximum absolute atomic E-state index is 11.8. The van der Waals surface area contributed by atoms with E-state index < -0.39 is 11.7 Å². The maximum Gasteiger partial charge on any atom is 0.420 e. The molecule has 1 aromatic carbocycles. The number of hydrogen-bond acceptors (Lipinski definition) is 5. The molecule has 0 aliphatic carbocycles. The van der Waals surface area contributed by atoms with Gasteiger partial charge in [0.25, 0.3) is 0 Å². The predicted molar refractivity (Wildman–Crippen MR) is 76.3 cm³/mol. The topological polar surface area (TPSA) is 78.5 Å². The zero-order valence-corrected chi connectivity index (χ0v) is 12.2. The van der Waals surface area contributed by atoms with Crippen LogP contribution in [0.2, 0.25) is 0 Å². The van der Waals surface area contributed by atoms with Crippen LogP contribution in [0.3, 0.4) is 0 Å². The molecule has 2 rings (SSSR count). The first-order valence-corrected chi connectivity index (χ1v) is 6.68. The molecule has 0 saturated heterocycles. The standard InChI is InChI=1S/C15H17NO5/c1-9(2)8-20-14(18)7-16-12-5-4-11(10(3)17)6-13(12)21-15(16)19/h4-6,9H,7-8H2,1-3H3. The van der Waals surface area contributed by atoms with Crippen molar-refractivity contribution >= 4 is 22.9 Å². The van der Waals surface area contributed by atoms with Crippen LogP contribution in [0.25, 0.3) is 11.1 Å². The van der Waals surface area contributed by atoms with Gasteiger partial charge in [0.15, 0.2) is 11.4 Å². The lowest BCUT2D eigenvalue weighted by Crippen LogP contribution is -2.22. The first kappa shape index (κ1) is 15.0. The van der Waals surface area contributed by atoms with Gasteiger partial charge in [-0.1, -0.05) is 13.8 Å². The van der Waals surface area contributed by atoms with Crippen molar-refractivity contribution in [2.45, 2.75) is 27.3 Å². The minimum atomic E-state index is -0.646. The maximum atomic E-state index is 11.8. The van der Waals surface area contributed by atoms with Gasteiger partial charge >= 0.3 is 11.7 Å². The van der Waals surface area contributed by atoms with Gasteiger partial charge in [-0.05, 0) is 31.0 Å². The molecular weight excluding hydrogens is 274 g/mol. The van der Waals surface area contributed by atoms with E-state index in [1.165, 1.54) is 17.6 Å². The van der Waals surface area contributed by atoms with E-state index in [0.29, 0.717) is 17.7 Å². The summed E-state index contributed by atoms with van der Waals surface area (Å²) >= 11 is 0. The number of carbonyl (C=O) groups excluding carboxylic acids is 2. The summed E-state index contributed by atoms with van der Waals surface area (Å²) in [4.78, 5) is 34.8. The van der Waals surface area contributed by atoms with E-state index in [1.807, 2.05) is 13.8 Å². The molecule has 0 radical (unpaired) electrons. The van der Waals surface area contributed by atoms with Crippen LogP contribution in [0, 0.1) is 5.92 Å². The third-order valence-corrected chi connectivity index (χ3v) is 2.94. The Hall–Kier alpha value is -2.37. The van der Waals surface area contributed by atoms with E-state index in [-0.39, 0.29) is 23.8 Å². The summed E-state index contributed by atoms with van der Waals surface area (Å²) in [6, 6.07) is 4.68. The van der Waals surface area contributed by atoms with Gasteiger partial charge in [-0.15, -0.1) is 0 Å². The van der Waals surface area contributed by atoms with Crippen LogP contribution in [0.15, 0.2) is 27.4 Å². The Morgan fingerprint density at radius 3 is 2.67 bits per heavy atom. The lowest BCUT2D eigenvalue weighted by atomic mass is 10.1. The first-order valence-electron chi connectivity index (χ1n) is 6.68. The average molecular weight is 291 g/mol. The van der Waals surface area contributed by atoms with Crippen LogP contribution in [0.1, 0.15) is 31.1 Å². The molecule has 21 heavy (non-hydrogen) atoms. The first-order chi connectivity index (χ1) is 9.88. The zero-order valence-electron chi connectivity index (χ0n) is 12.2. The number of Topliss-reactive ketones (excluding diaryl/α,β-unsaturated/α-hetero) is 1. The Bertz CT molecular complexity index is 738. The monoisotopic (exact) mass is 291 g/mol. The third-order valence-electron chi connectivity index (χ3n) is 2.94. The Kier molecular flexibility index (Phi) is 4.26. The van der Waals surface area contributed by atoms with Gasteiger partial charge in [0, 0.05) is 5.56 Å². The second kappa shape index (κ2) is 5.95. The minimum absolute atomic E-state index is 0.122. The highest BCUT2D eigenvalue weighted by atomic mass is 16.5. The fourth-order valence-electron chi connectivity index (χ4n) is 1.87. The Morgan fingerprint density at radius 1 is 1.33 bits per heavy atom. The molecule has 0 amide bonds. The number of aromatic nitrogens is 1. The summed E-state index contributed by atoms with van der Waals surface area (Å²) in [5.74, 6) is -1.04. The van der Waals surface area contributed by atoms with Gasteiger partial charge in [-0.2, -0.15) is 0 Å². The normalized spacial score (nSPS) is 11.0. The number of hydrogen-bond donors (Lipinski definition) is 0. The highest BCUT2D eigenvalue weighted by Gasteiger charge is 2.15. The summed E-state index contributed by atoms with van der Waals surface area (Å²) in [6.07, 6.45) is 0. The molecule has 0 unspecified atom stereocenters. The van der Waals surface area contributed by atoms with Crippen molar-refractivity contribution in [3.8, 4) is 0 Å². The van der Waals surface area contributed by atoms with Crippen molar-refractivity contribution in [2.75, 3.05) is 6.61 Å². The molecule has 0 atom stereocenters. The second-order valence-electron chi connectivity index (χ2n) is 5.27. The molecule has 2 aromatic rings. The molecule has 1 heterocycles. The molecule has 1 aromatic heterocycles. The van der Waals surface area contributed by atoms with Crippen LogP contribution >= 0.6 is 0 Å². The van der Waals surface area contributed by atoms with Gasteiger partial charge in [0.05, 0.1) is 12.1 Å². The van der Waals surface area contributed by atoms with Crippen molar-refractivity contribution in [3.05, 3.63) is 34.3 Å². The number of esters is 1. The minimum Gasteiger partial charge on any atom is -0.464 e. The van der Waals surface area contributed by atoms with Crippen molar-refractivity contribution < 1.29 is 18.7 Å². The Labute approximate surface area is 121 Å². The second-order valence-corrected chi connectivity index (χ2v) is 5.27. The summed E-state index contributed by atoms with van der Waals surface area (Å²) in [6.45, 7) is 5.38. The Morgan fingerprint density at radius 2 is 2.05 bits per heavy atom. The van der Waals surface area contributed by atoms with Crippen LogP contribution < -0.4 is 5.76 Å². The molecule has 0 bridgehead atoms.